The first-order chi connectivity index (χ1) is 17.4. The molecule has 4 aromatic rings. The summed E-state index contributed by atoms with van der Waals surface area (Å²) in [6.07, 6.45) is 6.87. The number of likely N-dealkylation sites (tertiary alicyclic amines) is 1. The number of nitriles is 2. The molecule has 0 spiro atoms. The summed E-state index contributed by atoms with van der Waals surface area (Å²) < 4.78 is 11.7. The summed E-state index contributed by atoms with van der Waals surface area (Å²) >= 11 is 0. The third kappa shape index (κ3) is 4.11. The lowest BCUT2D eigenvalue weighted by molar-refractivity contribution is 0.210. The van der Waals surface area contributed by atoms with Gasteiger partial charge in [0.15, 0.2) is 6.19 Å². The SMILES string of the molecule is Cc1c(-c2cc(OC(C)c3cn(C(C)C)nn3)n3c(C#N)cnc3c2)nnn1C1CCN(C#N)CC1. The van der Waals surface area contributed by atoms with Gasteiger partial charge in [-0.15, -0.1) is 10.2 Å². The van der Waals surface area contributed by atoms with Crippen LogP contribution < -0.4 is 4.74 Å². The van der Waals surface area contributed by atoms with Gasteiger partial charge in [-0.2, -0.15) is 10.5 Å². The molecule has 5 heterocycles. The van der Waals surface area contributed by atoms with Gasteiger partial charge in [0.2, 0.25) is 5.88 Å². The molecule has 36 heavy (non-hydrogen) atoms. The second-order valence-electron chi connectivity index (χ2n) is 9.29. The fourth-order valence-electron chi connectivity index (χ4n) is 4.52. The molecule has 1 unspecified atom stereocenters. The second kappa shape index (κ2) is 9.30. The van der Waals surface area contributed by atoms with Crippen molar-refractivity contribution in [3.05, 3.63) is 41.6 Å². The average Bonchev–Trinajstić information content (AvgIpc) is 3.62. The van der Waals surface area contributed by atoms with Crippen LogP contribution in [0.1, 0.15) is 68.9 Å². The van der Waals surface area contributed by atoms with Crippen LogP contribution in [0, 0.1) is 29.7 Å². The number of fused-ring (bicyclic) bond motifs is 1. The molecule has 0 aromatic carbocycles. The zero-order valence-electron chi connectivity index (χ0n) is 20.7. The number of hydrogen-bond donors (Lipinski definition) is 0. The quantitative estimate of drug-likeness (QED) is 0.377. The molecule has 1 aliphatic rings. The van der Waals surface area contributed by atoms with E-state index in [2.05, 4.69) is 37.9 Å². The molecule has 12 heteroatoms. The van der Waals surface area contributed by atoms with Gasteiger partial charge in [-0.25, -0.2) is 14.3 Å². The van der Waals surface area contributed by atoms with Crippen molar-refractivity contribution in [2.24, 2.45) is 0 Å². The molecule has 184 valence electrons. The summed E-state index contributed by atoms with van der Waals surface area (Å²) in [5.41, 5.74) is 4.09. The lowest BCUT2D eigenvalue weighted by Gasteiger charge is -2.28. The largest absolute Gasteiger partial charge is 0.469 e. The van der Waals surface area contributed by atoms with Crippen molar-refractivity contribution >= 4 is 5.65 Å². The summed E-state index contributed by atoms with van der Waals surface area (Å²) in [4.78, 5) is 6.20. The van der Waals surface area contributed by atoms with Gasteiger partial charge >= 0.3 is 0 Å². The van der Waals surface area contributed by atoms with Gasteiger partial charge in [0.1, 0.15) is 34.9 Å². The number of aromatic nitrogens is 8. The highest BCUT2D eigenvalue weighted by Crippen LogP contribution is 2.32. The molecule has 0 aliphatic carbocycles. The highest BCUT2D eigenvalue weighted by Gasteiger charge is 2.25. The van der Waals surface area contributed by atoms with Crippen LogP contribution in [0.5, 0.6) is 5.88 Å². The van der Waals surface area contributed by atoms with Crippen molar-refractivity contribution in [3.8, 4) is 29.4 Å². The Bertz CT molecular complexity index is 1470. The van der Waals surface area contributed by atoms with E-state index in [1.807, 2.05) is 50.7 Å². The van der Waals surface area contributed by atoms with Gasteiger partial charge < -0.3 is 9.64 Å². The minimum atomic E-state index is -0.410. The van der Waals surface area contributed by atoms with Gasteiger partial charge in [-0.05, 0) is 46.6 Å². The Morgan fingerprint density at radius 3 is 2.53 bits per heavy atom. The van der Waals surface area contributed by atoms with Crippen molar-refractivity contribution < 1.29 is 4.74 Å². The zero-order chi connectivity index (χ0) is 25.4. The molecular weight excluding hydrogens is 458 g/mol. The highest BCUT2D eigenvalue weighted by atomic mass is 16.5. The highest BCUT2D eigenvalue weighted by molar-refractivity contribution is 5.68. The van der Waals surface area contributed by atoms with Crippen molar-refractivity contribution in [3.63, 3.8) is 0 Å². The maximum Gasteiger partial charge on any atom is 0.201 e. The Kier molecular flexibility index (Phi) is 6.02. The predicted molar refractivity (Wildman–Crippen MR) is 129 cm³/mol. The molecular formula is C24H27N11O. The van der Waals surface area contributed by atoms with Crippen LogP contribution in [0.25, 0.3) is 16.9 Å². The molecule has 12 nitrogen and oxygen atoms in total. The Labute approximate surface area is 208 Å². The van der Waals surface area contributed by atoms with Gasteiger partial charge in [0.05, 0.1) is 24.1 Å². The number of ether oxygens (including phenoxy) is 1. The standard InChI is InChI=1S/C24H27N11O/c1-15(2)33-13-21(28-30-33)17(4)36-23-10-18(9-22-27-12-20(11-25)34(22)23)24-16(3)35(31-29-24)19-5-7-32(14-26)8-6-19/h9-10,12-13,15,17,19H,5-8H2,1-4H3. The van der Waals surface area contributed by atoms with Gasteiger partial charge in [0.25, 0.3) is 0 Å². The van der Waals surface area contributed by atoms with E-state index in [-0.39, 0.29) is 12.1 Å². The van der Waals surface area contributed by atoms with E-state index in [0.717, 1.165) is 29.8 Å². The fourth-order valence-corrected chi connectivity index (χ4v) is 4.52. The first-order valence-electron chi connectivity index (χ1n) is 12.0. The van der Waals surface area contributed by atoms with Crippen molar-refractivity contribution in [1.82, 2.24) is 44.3 Å². The minimum Gasteiger partial charge on any atom is -0.469 e. The molecule has 1 saturated heterocycles. The van der Waals surface area contributed by atoms with Crippen LogP contribution in [-0.4, -0.2) is 57.4 Å². The molecule has 5 rings (SSSR count). The molecule has 0 N–H and O–H groups in total. The number of piperidine rings is 1. The summed E-state index contributed by atoms with van der Waals surface area (Å²) in [6, 6.07) is 6.30. The minimum absolute atomic E-state index is 0.185. The first-order valence-corrected chi connectivity index (χ1v) is 12.0. The number of imidazole rings is 1. The maximum absolute atomic E-state index is 9.64. The van der Waals surface area contributed by atoms with E-state index in [1.54, 1.807) is 14.0 Å². The summed E-state index contributed by atoms with van der Waals surface area (Å²) in [6.45, 7) is 9.38. The van der Waals surface area contributed by atoms with Crippen LogP contribution >= 0.6 is 0 Å². The molecule has 0 amide bonds. The molecule has 1 aliphatic heterocycles. The van der Waals surface area contributed by atoms with Crippen LogP contribution in [0.15, 0.2) is 24.5 Å². The smallest absolute Gasteiger partial charge is 0.201 e. The van der Waals surface area contributed by atoms with Crippen molar-refractivity contribution in [2.45, 2.75) is 58.7 Å². The molecule has 4 aromatic heterocycles. The van der Waals surface area contributed by atoms with E-state index in [1.165, 1.54) is 6.20 Å². The van der Waals surface area contributed by atoms with Gasteiger partial charge in [-0.3, -0.25) is 4.40 Å². The van der Waals surface area contributed by atoms with E-state index in [9.17, 15) is 5.26 Å². The molecule has 1 fully saturated rings. The lowest BCUT2D eigenvalue weighted by Crippen LogP contribution is -2.31. The fraction of sp³-hybridized carbons (Fsp3) is 0.458. The maximum atomic E-state index is 9.64. The molecule has 1 atom stereocenters. The Hall–Kier alpha value is -4.45. The predicted octanol–water partition coefficient (Wildman–Crippen LogP) is 3.20. The van der Waals surface area contributed by atoms with E-state index < -0.39 is 6.10 Å². The zero-order valence-corrected chi connectivity index (χ0v) is 20.7. The third-order valence-electron chi connectivity index (χ3n) is 6.61. The number of rotatable bonds is 6. The van der Waals surface area contributed by atoms with Gasteiger partial charge in [-0.1, -0.05) is 10.4 Å². The number of nitrogens with zero attached hydrogens (tertiary/aromatic N) is 11. The van der Waals surface area contributed by atoms with Crippen molar-refractivity contribution in [1.29, 1.82) is 10.5 Å². The van der Waals surface area contributed by atoms with Crippen LogP contribution in [0.3, 0.4) is 0 Å². The van der Waals surface area contributed by atoms with Crippen molar-refractivity contribution in [2.75, 3.05) is 13.1 Å². The topological polar surface area (TPSA) is 139 Å². The number of hydrogen-bond acceptors (Lipinski definition) is 9. The monoisotopic (exact) mass is 485 g/mol. The Balaban J connectivity index is 1.50. The first kappa shape index (κ1) is 23.3. The Morgan fingerprint density at radius 2 is 1.86 bits per heavy atom. The second-order valence-corrected chi connectivity index (χ2v) is 9.29. The third-order valence-corrected chi connectivity index (χ3v) is 6.61. The van der Waals surface area contributed by atoms with Crippen LogP contribution in [0.2, 0.25) is 0 Å². The summed E-state index contributed by atoms with van der Waals surface area (Å²) in [5, 5.41) is 36.1. The summed E-state index contributed by atoms with van der Waals surface area (Å²) in [7, 11) is 0. The average molecular weight is 486 g/mol. The summed E-state index contributed by atoms with van der Waals surface area (Å²) in [5.74, 6) is 0.458. The molecule has 0 saturated carbocycles. The van der Waals surface area contributed by atoms with Gasteiger partial charge in [0, 0.05) is 30.8 Å². The van der Waals surface area contributed by atoms with Crippen LogP contribution in [-0.2, 0) is 0 Å². The van der Waals surface area contributed by atoms with E-state index in [4.69, 9.17) is 10.00 Å². The Morgan fingerprint density at radius 1 is 1.08 bits per heavy atom. The van der Waals surface area contributed by atoms with E-state index in [0.29, 0.717) is 36.0 Å². The normalized spacial score (nSPS) is 15.2. The lowest BCUT2D eigenvalue weighted by atomic mass is 10.0. The molecule has 0 bridgehead atoms. The number of pyridine rings is 1. The molecule has 0 radical (unpaired) electrons. The van der Waals surface area contributed by atoms with E-state index >= 15 is 0 Å². The van der Waals surface area contributed by atoms with Crippen LogP contribution in [0.4, 0.5) is 0 Å².